The summed E-state index contributed by atoms with van der Waals surface area (Å²) in [7, 11) is 2.09. The molecule has 0 aromatic rings. The predicted molar refractivity (Wildman–Crippen MR) is 67.7 cm³/mol. The monoisotopic (exact) mass is 235 g/mol. The smallest absolute Gasteiger partial charge is 0.0593 e. The van der Waals surface area contributed by atoms with Crippen LogP contribution in [0.5, 0.6) is 0 Å². The highest BCUT2D eigenvalue weighted by atomic mass is 35.5. The summed E-state index contributed by atoms with van der Waals surface area (Å²) >= 11 is 5.89. The normalized spacial score (nSPS) is 12.8. The van der Waals surface area contributed by atoms with E-state index in [-0.39, 0.29) is 5.54 Å². The molecule has 0 aliphatic rings. The number of hydrogen-bond acceptors (Lipinski definition) is 2. The molecule has 92 valence electrons. The number of rotatable bonds is 8. The van der Waals surface area contributed by atoms with Gasteiger partial charge in [0.2, 0.25) is 0 Å². The van der Waals surface area contributed by atoms with Crippen LogP contribution < -0.4 is 0 Å². The zero-order valence-electron chi connectivity index (χ0n) is 10.8. The van der Waals surface area contributed by atoms with E-state index in [1.807, 2.05) is 0 Å². The molecule has 0 atom stereocenters. The lowest BCUT2D eigenvalue weighted by atomic mass is 10.1. The molecule has 0 fully saturated rings. The summed E-state index contributed by atoms with van der Waals surface area (Å²) in [5.41, 5.74) is 0.0585. The van der Waals surface area contributed by atoms with E-state index in [1.165, 1.54) is 0 Å². The van der Waals surface area contributed by atoms with E-state index in [1.54, 1.807) is 0 Å². The highest BCUT2D eigenvalue weighted by Crippen LogP contribution is 2.13. The van der Waals surface area contributed by atoms with E-state index >= 15 is 0 Å². The molecule has 0 aromatic carbocycles. The minimum atomic E-state index is 0.0585. The first-order valence-corrected chi connectivity index (χ1v) is 6.28. The molecule has 2 nitrogen and oxygen atoms in total. The largest absolute Gasteiger partial charge is 0.380 e. The molecule has 3 heteroatoms. The minimum Gasteiger partial charge on any atom is -0.380 e. The molecule has 0 heterocycles. The summed E-state index contributed by atoms with van der Waals surface area (Å²) in [4.78, 5) is 2.25. The number of hydrogen-bond donors (Lipinski definition) is 0. The highest BCUT2D eigenvalue weighted by Gasteiger charge is 2.21. The van der Waals surface area contributed by atoms with Crippen molar-refractivity contribution in [1.82, 2.24) is 4.90 Å². The number of alkyl halides is 1. The molecular formula is C12H26ClNO. The van der Waals surface area contributed by atoms with Gasteiger partial charge in [-0.2, -0.15) is 0 Å². The summed E-state index contributed by atoms with van der Waals surface area (Å²) in [6.45, 7) is 11.3. The molecular weight excluding hydrogens is 210 g/mol. The first-order chi connectivity index (χ1) is 6.90. The molecule has 0 rings (SSSR count). The summed E-state index contributed by atoms with van der Waals surface area (Å²) in [5, 5.41) is 0. The summed E-state index contributed by atoms with van der Waals surface area (Å²) in [6.07, 6.45) is 1.14. The van der Waals surface area contributed by atoms with Gasteiger partial charge in [-0.3, -0.25) is 4.90 Å². The highest BCUT2D eigenvalue weighted by molar-refractivity contribution is 6.18. The molecule has 0 radical (unpaired) electrons. The van der Waals surface area contributed by atoms with Crippen molar-refractivity contribution < 1.29 is 4.74 Å². The molecule has 0 spiro atoms. The maximum atomic E-state index is 5.89. The molecule has 0 unspecified atom stereocenters. The Bertz CT molecular complexity index is 160. The molecule has 0 aliphatic carbocycles. The maximum Gasteiger partial charge on any atom is 0.0593 e. The third-order valence-corrected chi connectivity index (χ3v) is 3.43. The Morgan fingerprint density at radius 3 is 2.33 bits per heavy atom. The van der Waals surface area contributed by atoms with Crippen LogP contribution in [0.15, 0.2) is 0 Å². The van der Waals surface area contributed by atoms with Gasteiger partial charge in [-0.15, -0.1) is 11.6 Å². The van der Waals surface area contributed by atoms with Gasteiger partial charge in [0.05, 0.1) is 6.61 Å². The van der Waals surface area contributed by atoms with Crippen LogP contribution in [0.3, 0.4) is 0 Å². The molecule has 0 saturated carbocycles. The van der Waals surface area contributed by atoms with Crippen LogP contribution in [0.25, 0.3) is 0 Å². The van der Waals surface area contributed by atoms with Crippen molar-refractivity contribution in [2.24, 2.45) is 5.92 Å². The second-order valence-corrected chi connectivity index (χ2v) is 5.43. The van der Waals surface area contributed by atoms with Crippen LogP contribution >= 0.6 is 11.6 Å². The van der Waals surface area contributed by atoms with Crippen LogP contribution in [0.4, 0.5) is 0 Å². The SMILES string of the molecule is CC(C)CCOCCN(C)C(C)(C)CCl. The Balaban J connectivity index is 3.51. The Labute approximate surface area is 99.9 Å². The molecule has 0 aromatic heterocycles. The van der Waals surface area contributed by atoms with Crippen molar-refractivity contribution >= 4 is 11.6 Å². The van der Waals surface area contributed by atoms with E-state index in [2.05, 4.69) is 39.6 Å². The second kappa shape index (κ2) is 7.48. The number of ether oxygens (including phenoxy) is 1. The topological polar surface area (TPSA) is 12.5 Å². The van der Waals surface area contributed by atoms with Crippen LogP contribution in [0, 0.1) is 5.92 Å². The van der Waals surface area contributed by atoms with Crippen LogP contribution in [-0.2, 0) is 4.74 Å². The lowest BCUT2D eigenvalue weighted by Crippen LogP contribution is -2.44. The van der Waals surface area contributed by atoms with Crippen molar-refractivity contribution in [1.29, 1.82) is 0 Å². The van der Waals surface area contributed by atoms with Gasteiger partial charge in [-0.1, -0.05) is 13.8 Å². The van der Waals surface area contributed by atoms with E-state index in [0.29, 0.717) is 5.88 Å². The summed E-state index contributed by atoms with van der Waals surface area (Å²) < 4.78 is 5.57. The van der Waals surface area contributed by atoms with Gasteiger partial charge in [0.15, 0.2) is 0 Å². The molecule has 0 N–H and O–H groups in total. The molecule has 15 heavy (non-hydrogen) atoms. The summed E-state index contributed by atoms with van der Waals surface area (Å²) in [6, 6.07) is 0. The van der Waals surface area contributed by atoms with Crippen molar-refractivity contribution in [3.63, 3.8) is 0 Å². The summed E-state index contributed by atoms with van der Waals surface area (Å²) in [5.74, 6) is 1.37. The van der Waals surface area contributed by atoms with Gasteiger partial charge in [-0.05, 0) is 33.2 Å². The Kier molecular flexibility index (Phi) is 7.58. The van der Waals surface area contributed by atoms with Crippen molar-refractivity contribution in [2.75, 3.05) is 32.7 Å². The standard InChI is InChI=1S/C12H26ClNO/c1-11(2)6-8-15-9-7-14(5)12(3,4)10-13/h11H,6-10H2,1-5H3. The van der Waals surface area contributed by atoms with E-state index in [4.69, 9.17) is 16.3 Å². The number of halogens is 1. The minimum absolute atomic E-state index is 0.0585. The fraction of sp³-hybridized carbons (Fsp3) is 1.00. The van der Waals surface area contributed by atoms with Crippen molar-refractivity contribution in [2.45, 2.75) is 39.7 Å². The lowest BCUT2D eigenvalue weighted by molar-refractivity contribution is 0.0766. The van der Waals surface area contributed by atoms with Gasteiger partial charge in [0.25, 0.3) is 0 Å². The van der Waals surface area contributed by atoms with Crippen LogP contribution in [0.1, 0.15) is 34.1 Å². The van der Waals surface area contributed by atoms with Gasteiger partial charge >= 0.3 is 0 Å². The second-order valence-electron chi connectivity index (χ2n) is 5.16. The van der Waals surface area contributed by atoms with Crippen LogP contribution in [0.2, 0.25) is 0 Å². The van der Waals surface area contributed by atoms with E-state index in [0.717, 1.165) is 32.1 Å². The fourth-order valence-corrected chi connectivity index (χ4v) is 1.23. The fourth-order valence-electron chi connectivity index (χ4n) is 1.03. The Morgan fingerprint density at radius 1 is 1.27 bits per heavy atom. The molecule has 0 aliphatic heterocycles. The predicted octanol–water partition coefficient (Wildman–Crippen LogP) is 3.00. The molecule has 0 saturated heterocycles. The quantitative estimate of drug-likeness (QED) is 0.474. The third-order valence-electron chi connectivity index (χ3n) is 2.77. The van der Waals surface area contributed by atoms with E-state index in [9.17, 15) is 0 Å². The average Bonchev–Trinajstić information content (AvgIpc) is 2.16. The third kappa shape index (κ3) is 7.15. The first kappa shape index (κ1) is 15.2. The van der Waals surface area contributed by atoms with Gasteiger partial charge in [0.1, 0.15) is 0 Å². The maximum absolute atomic E-state index is 5.89. The Hall–Kier alpha value is 0.210. The zero-order chi connectivity index (χ0) is 11.9. The zero-order valence-corrected chi connectivity index (χ0v) is 11.6. The average molecular weight is 236 g/mol. The van der Waals surface area contributed by atoms with Crippen molar-refractivity contribution in [3.8, 4) is 0 Å². The van der Waals surface area contributed by atoms with Gasteiger partial charge in [0, 0.05) is 24.6 Å². The first-order valence-electron chi connectivity index (χ1n) is 5.75. The van der Waals surface area contributed by atoms with E-state index < -0.39 is 0 Å². The molecule has 0 amide bonds. The lowest BCUT2D eigenvalue weighted by Gasteiger charge is -2.33. The number of likely N-dealkylation sites (N-methyl/N-ethyl adjacent to an activating group) is 1. The number of nitrogens with zero attached hydrogens (tertiary/aromatic N) is 1. The van der Waals surface area contributed by atoms with Gasteiger partial charge < -0.3 is 4.74 Å². The molecule has 0 bridgehead atoms. The van der Waals surface area contributed by atoms with Crippen molar-refractivity contribution in [3.05, 3.63) is 0 Å². The Morgan fingerprint density at radius 2 is 1.87 bits per heavy atom. The van der Waals surface area contributed by atoms with Gasteiger partial charge in [-0.25, -0.2) is 0 Å². The van der Waals surface area contributed by atoms with Crippen LogP contribution in [-0.4, -0.2) is 43.1 Å².